The molecule has 1 aromatic carbocycles. The van der Waals surface area contributed by atoms with Crippen LogP contribution in [0.15, 0.2) is 35.7 Å². The van der Waals surface area contributed by atoms with Crippen LogP contribution in [-0.2, 0) is 6.54 Å². The maximum absolute atomic E-state index is 10.8. The van der Waals surface area contributed by atoms with Crippen molar-refractivity contribution in [2.75, 3.05) is 13.6 Å². The Labute approximate surface area is 120 Å². The lowest BCUT2D eigenvalue weighted by atomic mass is 10.1. The summed E-state index contributed by atoms with van der Waals surface area (Å²) >= 11 is 1.72. The number of thiophene rings is 1. The van der Waals surface area contributed by atoms with Crippen molar-refractivity contribution >= 4 is 17.0 Å². The molecule has 20 heavy (non-hydrogen) atoms. The highest BCUT2D eigenvalue weighted by Crippen LogP contribution is 2.33. The molecular formula is C14H14N2O3S. The summed E-state index contributed by atoms with van der Waals surface area (Å²) in [5, 5.41) is 12.9. The van der Waals surface area contributed by atoms with Crippen molar-refractivity contribution in [3.63, 3.8) is 0 Å². The number of likely N-dealkylation sites (N-methyl/N-ethyl adjacent to an activating group) is 1. The van der Waals surface area contributed by atoms with Crippen LogP contribution < -0.4 is 4.74 Å². The average molecular weight is 290 g/mol. The Kier molecular flexibility index (Phi) is 3.42. The Hall–Kier alpha value is -1.92. The van der Waals surface area contributed by atoms with E-state index < -0.39 is 4.92 Å². The van der Waals surface area contributed by atoms with Crippen molar-refractivity contribution in [2.24, 2.45) is 0 Å². The molecule has 0 bridgehead atoms. The van der Waals surface area contributed by atoms with Gasteiger partial charge in [0.25, 0.3) is 5.69 Å². The third-order valence-electron chi connectivity index (χ3n) is 3.32. The molecule has 1 aromatic heterocycles. The monoisotopic (exact) mass is 290 g/mol. The highest BCUT2D eigenvalue weighted by molar-refractivity contribution is 7.10. The van der Waals surface area contributed by atoms with Gasteiger partial charge in [-0.25, -0.2) is 0 Å². The number of benzene rings is 1. The summed E-state index contributed by atoms with van der Waals surface area (Å²) < 4.78 is 5.96. The molecule has 2 heterocycles. The number of ether oxygens (including phenoxy) is 1. The van der Waals surface area contributed by atoms with Gasteiger partial charge in [0.05, 0.1) is 11.0 Å². The number of nitro groups is 1. The second kappa shape index (κ2) is 5.22. The Bertz CT molecular complexity index is 641. The molecular weight excluding hydrogens is 276 g/mol. The first-order valence-corrected chi connectivity index (χ1v) is 7.17. The van der Waals surface area contributed by atoms with Crippen LogP contribution in [-0.4, -0.2) is 23.4 Å². The van der Waals surface area contributed by atoms with Gasteiger partial charge >= 0.3 is 0 Å². The van der Waals surface area contributed by atoms with E-state index in [-0.39, 0.29) is 11.8 Å². The van der Waals surface area contributed by atoms with Crippen molar-refractivity contribution in [1.82, 2.24) is 4.90 Å². The van der Waals surface area contributed by atoms with Crippen LogP contribution in [0.25, 0.3) is 0 Å². The molecule has 1 aliphatic heterocycles. The molecule has 104 valence electrons. The number of nitro benzene ring substituents is 1. The maximum atomic E-state index is 10.8. The lowest BCUT2D eigenvalue weighted by molar-refractivity contribution is -0.385. The first-order valence-electron chi connectivity index (χ1n) is 6.29. The molecule has 0 saturated heterocycles. The fraction of sp³-hybridized carbons (Fsp3) is 0.286. The molecule has 2 aromatic rings. The molecule has 0 spiro atoms. The van der Waals surface area contributed by atoms with Crippen LogP contribution in [0.3, 0.4) is 0 Å². The number of non-ortho nitro benzene ring substituents is 1. The summed E-state index contributed by atoms with van der Waals surface area (Å²) in [6, 6.07) is 8.42. The van der Waals surface area contributed by atoms with Crippen molar-refractivity contribution < 1.29 is 9.66 Å². The van der Waals surface area contributed by atoms with Crippen molar-refractivity contribution in [1.29, 1.82) is 0 Å². The first-order chi connectivity index (χ1) is 9.63. The second-order valence-electron chi connectivity index (χ2n) is 4.86. The number of fused-ring (bicyclic) bond motifs is 1. The Balaban J connectivity index is 1.85. The van der Waals surface area contributed by atoms with Gasteiger partial charge in [0.15, 0.2) is 0 Å². The topological polar surface area (TPSA) is 55.6 Å². The summed E-state index contributed by atoms with van der Waals surface area (Å²) in [4.78, 5) is 13.9. The zero-order valence-electron chi connectivity index (χ0n) is 11.0. The molecule has 3 rings (SSSR count). The van der Waals surface area contributed by atoms with E-state index in [0.29, 0.717) is 5.75 Å². The maximum Gasteiger partial charge on any atom is 0.273 e. The standard InChI is InChI=1S/C14H14N2O3S/c1-15-8-13(12-5-6-20-14(12)9-15)19-11-4-2-3-10(7-11)16(17)18/h2-7,13H,8-9H2,1H3. The van der Waals surface area contributed by atoms with E-state index in [1.54, 1.807) is 23.5 Å². The van der Waals surface area contributed by atoms with Gasteiger partial charge in [0, 0.05) is 29.6 Å². The van der Waals surface area contributed by atoms with Crippen molar-refractivity contribution in [2.45, 2.75) is 12.6 Å². The second-order valence-corrected chi connectivity index (χ2v) is 5.86. The molecule has 6 heteroatoms. The summed E-state index contributed by atoms with van der Waals surface area (Å²) in [5.41, 5.74) is 1.25. The van der Waals surface area contributed by atoms with Gasteiger partial charge < -0.3 is 4.74 Å². The van der Waals surface area contributed by atoms with Crippen molar-refractivity contribution in [3.05, 3.63) is 56.3 Å². The van der Waals surface area contributed by atoms with Crippen LogP contribution in [0.2, 0.25) is 0 Å². The van der Waals surface area contributed by atoms with Gasteiger partial charge in [-0.1, -0.05) is 6.07 Å². The number of hydrogen-bond acceptors (Lipinski definition) is 5. The van der Waals surface area contributed by atoms with E-state index in [1.807, 2.05) is 7.05 Å². The lowest BCUT2D eigenvalue weighted by Crippen LogP contribution is -2.31. The predicted molar refractivity (Wildman–Crippen MR) is 77.1 cm³/mol. The van der Waals surface area contributed by atoms with E-state index in [1.165, 1.54) is 22.6 Å². The molecule has 5 nitrogen and oxygen atoms in total. The van der Waals surface area contributed by atoms with Crippen LogP contribution in [0.5, 0.6) is 5.75 Å². The molecule has 0 saturated carbocycles. The Morgan fingerprint density at radius 1 is 1.45 bits per heavy atom. The summed E-state index contributed by atoms with van der Waals surface area (Å²) in [6.07, 6.45) is -0.0722. The number of hydrogen-bond donors (Lipinski definition) is 0. The number of nitrogens with zero attached hydrogens (tertiary/aromatic N) is 2. The molecule has 1 unspecified atom stereocenters. The largest absolute Gasteiger partial charge is 0.484 e. The minimum atomic E-state index is -0.407. The van der Waals surface area contributed by atoms with Crippen LogP contribution in [0, 0.1) is 10.1 Å². The summed E-state index contributed by atoms with van der Waals surface area (Å²) in [5.74, 6) is 0.539. The summed E-state index contributed by atoms with van der Waals surface area (Å²) in [6.45, 7) is 1.72. The highest BCUT2D eigenvalue weighted by Gasteiger charge is 2.26. The summed E-state index contributed by atoms with van der Waals surface area (Å²) in [7, 11) is 2.05. The van der Waals surface area contributed by atoms with E-state index in [4.69, 9.17) is 4.74 Å². The van der Waals surface area contributed by atoms with Crippen LogP contribution in [0.1, 0.15) is 16.5 Å². The van der Waals surface area contributed by atoms with Gasteiger partial charge in [-0.3, -0.25) is 15.0 Å². The molecule has 1 aliphatic rings. The molecule has 1 atom stereocenters. The third kappa shape index (κ3) is 2.52. The molecule has 0 amide bonds. The smallest absolute Gasteiger partial charge is 0.273 e. The normalized spacial score (nSPS) is 18.6. The fourth-order valence-electron chi connectivity index (χ4n) is 2.39. The third-order valence-corrected chi connectivity index (χ3v) is 4.25. The zero-order valence-corrected chi connectivity index (χ0v) is 11.8. The minimum absolute atomic E-state index is 0.0530. The van der Waals surface area contributed by atoms with Gasteiger partial charge in [-0.15, -0.1) is 11.3 Å². The Morgan fingerprint density at radius 2 is 2.30 bits per heavy atom. The molecule has 0 N–H and O–H groups in total. The Morgan fingerprint density at radius 3 is 3.10 bits per heavy atom. The van der Waals surface area contributed by atoms with E-state index in [2.05, 4.69) is 16.3 Å². The quantitative estimate of drug-likeness (QED) is 0.643. The van der Waals surface area contributed by atoms with Gasteiger partial charge in [-0.05, 0) is 24.6 Å². The van der Waals surface area contributed by atoms with E-state index in [9.17, 15) is 10.1 Å². The van der Waals surface area contributed by atoms with E-state index >= 15 is 0 Å². The van der Waals surface area contributed by atoms with E-state index in [0.717, 1.165) is 13.1 Å². The first kappa shape index (κ1) is 13.1. The van der Waals surface area contributed by atoms with Gasteiger partial charge in [0.1, 0.15) is 11.9 Å². The average Bonchev–Trinajstić information content (AvgIpc) is 2.87. The number of rotatable bonds is 3. The SMILES string of the molecule is CN1Cc2sccc2C(Oc2cccc([N+](=O)[O-])c2)C1. The van der Waals surface area contributed by atoms with Gasteiger partial charge in [0.2, 0.25) is 0 Å². The molecule has 0 radical (unpaired) electrons. The predicted octanol–water partition coefficient (Wildman–Crippen LogP) is 3.22. The lowest BCUT2D eigenvalue weighted by Gasteiger charge is -2.30. The minimum Gasteiger partial charge on any atom is -0.484 e. The fourth-order valence-corrected chi connectivity index (χ4v) is 3.40. The van der Waals surface area contributed by atoms with Crippen molar-refractivity contribution in [3.8, 4) is 5.75 Å². The highest BCUT2D eigenvalue weighted by atomic mass is 32.1. The molecule has 0 fully saturated rings. The zero-order chi connectivity index (χ0) is 14.1. The van der Waals surface area contributed by atoms with Crippen LogP contribution >= 0.6 is 11.3 Å². The van der Waals surface area contributed by atoms with Gasteiger partial charge in [-0.2, -0.15) is 0 Å². The molecule has 0 aliphatic carbocycles. The van der Waals surface area contributed by atoms with Crippen LogP contribution in [0.4, 0.5) is 5.69 Å².